The minimum absolute atomic E-state index is 0.686. The van der Waals surface area contributed by atoms with Gasteiger partial charge in [-0.25, -0.2) is 0 Å². The Morgan fingerprint density at radius 1 is 1.33 bits per heavy atom. The van der Waals surface area contributed by atoms with Crippen LogP contribution >= 0.6 is 0 Å². The van der Waals surface area contributed by atoms with Gasteiger partial charge in [0.05, 0.1) is 0 Å². The molecule has 0 aromatic rings. The molecule has 0 aromatic heterocycles. The first-order chi connectivity index (χ1) is 8.63. The molecule has 8 unspecified atom stereocenters. The van der Waals surface area contributed by atoms with Crippen molar-refractivity contribution in [1.29, 1.82) is 0 Å². The molecule has 3 saturated carbocycles. The highest BCUT2D eigenvalue weighted by atomic mass is 15.0. The Kier molecular flexibility index (Phi) is 2.19. The van der Waals surface area contributed by atoms with Gasteiger partial charge in [-0.3, -0.25) is 0 Å². The van der Waals surface area contributed by atoms with E-state index < -0.39 is 0 Å². The molecule has 4 aliphatic rings. The normalized spacial score (nSPS) is 59.6. The van der Waals surface area contributed by atoms with Gasteiger partial charge in [0.15, 0.2) is 0 Å². The van der Waals surface area contributed by atoms with Crippen LogP contribution in [0.4, 0.5) is 0 Å². The molecule has 0 aromatic carbocycles. The Morgan fingerprint density at radius 3 is 2.61 bits per heavy atom. The number of rotatable bonds is 4. The van der Waals surface area contributed by atoms with Crippen molar-refractivity contribution in [3.63, 3.8) is 0 Å². The lowest BCUT2D eigenvalue weighted by Gasteiger charge is -2.58. The zero-order valence-electron chi connectivity index (χ0n) is 12.2. The van der Waals surface area contributed by atoms with E-state index in [2.05, 4.69) is 39.1 Å². The van der Waals surface area contributed by atoms with Crippen molar-refractivity contribution in [2.45, 2.75) is 46.6 Å². The summed E-state index contributed by atoms with van der Waals surface area (Å²) in [5, 5.41) is 3.81. The average molecular weight is 245 g/mol. The average Bonchev–Trinajstić information content (AvgIpc) is 2.88. The monoisotopic (exact) mass is 245 g/mol. The van der Waals surface area contributed by atoms with Crippen LogP contribution in [0.5, 0.6) is 0 Å². The summed E-state index contributed by atoms with van der Waals surface area (Å²) < 4.78 is 0. The highest BCUT2D eigenvalue weighted by Gasteiger charge is 2.77. The molecule has 4 aliphatic carbocycles. The molecule has 0 bridgehead atoms. The van der Waals surface area contributed by atoms with E-state index in [0.29, 0.717) is 5.41 Å². The second-order valence-electron chi connectivity index (χ2n) is 7.57. The highest BCUT2D eigenvalue weighted by molar-refractivity contribution is 5.33. The summed E-state index contributed by atoms with van der Waals surface area (Å²) in [6, 6.07) is 0.852. The second kappa shape index (κ2) is 3.42. The highest BCUT2D eigenvalue weighted by Crippen LogP contribution is 2.78. The summed E-state index contributed by atoms with van der Waals surface area (Å²) in [7, 11) is 0. The molecule has 0 spiro atoms. The van der Waals surface area contributed by atoms with Crippen molar-refractivity contribution >= 4 is 0 Å². The molecule has 18 heavy (non-hydrogen) atoms. The van der Waals surface area contributed by atoms with Crippen LogP contribution in [0, 0.1) is 40.9 Å². The predicted octanol–water partition coefficient (Wildman–Crippen LogP) is 3.47. The molecular formula is C17H27N. The lowest BCUT2D eigenvalue weighted by Crippen LogP contribution is -2.57. The van der Waals surface area contributed by atoms with Crippen LogP contribution in [-0.2, 0) is 0 Å². The number of fused-ring (bicyclic) bond motifs is 2. The van der Waals surface area contributed by atoms with Gasteiger partial charge in [0, 0.05) is 6.04 Å². The van der Waals surface area contributed by atoms with E-state index in [1.165, 1.54) is 12.8 Å². The Hall–Kier alpha value is -0.300. The maximum atomic E-state index is 3.81. The quantitative estimate of drug-likeness (QED) is 0.748. The first kappa shape index (κ1) is 11.5. The predicted molar refractivity (Wildman–Crippen MR) is 75.2 cm³/mol. The van der Waals surface area contributed by atoms with Crippen molar-refractivity contribution in [3.8, 4) is 0 Å². The molecule has 3 fully saturated rings. The van der Waals surface area contributed by atoms with Gasteiger partial charge in [0.2, 0.25) is 0 Å². The maximum absolute atomic E-state index is 3.81. The van der Waals surface area contributed by atoms with E-state index >= 15 is 0 Å². The lowest BCUT2D eigenvalue weighted by molar-refractivity contribution is -0.0129. The largest absolute Gasteiger partial charge is 0.314 e. The molecule has 0 amide bonds. The van der Waals surface area contributed by atoms with Crippen molar-refractivity contribution in [2.24, 2.45) is 40.9 Å². The smallest absolute Gasteiger partial charge is 0.0138 e. The Morgan fingerprint density at radius 2 is 2.11 bits per heavy atom. The zero-order valence-corrected chi connectivity index (χ0v) is 12.2. The molecule has 100 valence electrons. The van der Waals surface area contributed by atoms with E-state index in [-0.39, 0.29) is 0 Å². The SMILES string of the molecule is CCNC1C(C2CC3C(C)=CC32)C2C1C2(C)CC. The molecule has 1 heteroatoms. The fourth-order valence-corrected chi connectivity index (χ4v) is 5.93. The molecule has 1 N–H and O–H groups in total. The van der Waals surface area contributed by atoms with Gasteiger partial charge in [0.1, 0.15) is 0 Å². The maximum Gasteiger partial charge on any atom is 0.0138 e. The van der Waals surface area contributed by atoms with E-state index in [9.17, 15) is 0 Å². The summed E-state index contributed by atoms with van der Waals surface area (Å²) in [6.07, 6.45) is 5.46. The Balaban J connectivity index is 1.51. The first-order valence-electron chi connectivity index (χ1n) is 8.05. The van der Waals surface area contributed by atoms with Crippen molar-refractivity contribution in [3.05, 3.63) is 11.6 Å². The Labute approximate surface area is 111 Å². The molecule has 0 saturated heterocycles. The van der Waals surface area contributed by atoms with Gasteiger partial charge in [0.25, 0.3) is 0 Å². The van der Waals surface area contributed by atoms with E-state index in [0.717, 1.165) is 48.1 Å². The summed E-state index contributed by atoms with van der Waals surface area (Å²) in [5.74, 6) is 6.06. The molecular weight excluding hydrogens is 218 g/mol. The van der Waals surface area contributed by atoms with E-state index in [1.54, 1.807) is 5.57 Å². The lowest BCUT2D eigenvalue weighted by atomic mass is 9.48. The van der Waals surface area contributed by atoms with Crippen molar-refractivity contribution in [1.82, 2.24) is 5.32 Å². The fourth-order valence-electron chi connectivity index (χ4n) is 5.93. The van der Waals surface area contributed by atoms with Crippen LogP contribution in [0.3, 0.4) is 0 Å². The summed E-state index contributed by atoms with van der Waals surface area (Å²) in [6.45, 7) is 10.7. The number of hydrogen-bond acceptors (Lipinski definition) is 1. The van der Waals surface area contributed by atoms with Gasteiger partial charge >= 0.3 is 0 Å². The van der Waals surface area contributed by atoms with Crippen molar-refractivity contribution in [2.75, 3.05) is 6.54 Å². The molecule has 1 nitrogen and oxygen atoms in total. The first-order valence-corrected chi connectivity index (χ1v) is 8.05. The van der Waals surface area contributed by atoms with Crippen LogP contribution in [-0.4, -0.2) is 12.6 Å². The van der Waals surface area contributed by atoms with Crippen LogP contribution in [0.25, 0.3) is 0 Å². The standard InChI is InChI=1S/C17H27N/c1-5-17(4)14-13(16(15(14)17)18-6-2)12-8-10-9(3)7-11(10)12/h7,10-16,18H,5-6,8H2,1-4H3. The molecule has 0 radical (unpaired) electrons. The van der Waals surface area contributed by atoms with Gasteiger partial charge in [-0.1, -0.05) is 38.8 Å². The zero-order chi connectivity index (χ0) is 12.7. The molecule has 0 aliphatic heterocycles. The summed E-state index contributed by atoms with van der Waals surface area (Å²) in [5.41, 5.74) is 2.37. The second-order valence-corrected chi connectivity index (χ2v) is 7.57. The van der Waals surface area contributed by atoms with Crippen LogP contribution in [0.15, 0.2) is 11.6 Å². The number of allylic oxidation sites excluding steroid dienone is 2. The molecule has 8 atom stereocenters. The fraction of sp³-hybridized carbons (Fsp3) is 0.882. The molecule has 0 heterocycles. The van der Waals surface area contributed by atoms with Crippen molar-refractivity contribution < 1.29 is 0 Å². The van der Waals surface area contributed by atoms with Gasteiger partial charge < -0.3 is 5.32 Å². The number of hydrogen-bond donors (Lipinski definition) is 1. The molecule has 4 rings (SSSR count). The van der Waals surface area contributed by atoms with E-state index in [4.69, 9.17) is 0 Å². The minimum atomic E-state index is 0.686. The topological polar surface area (TPSA) is 12.0 Å². The van der Waals surface area contributed by atoms with Gasteiger partial charge in [-0.05, 0) is 60.8 Å². The van der Waals surface area contributed by atoms with Gasteiger partial charge in [-0.2, -0.15) is 0 Å². The van der Waals surface area contributed by atoms with Crippen LogP contribution in [0.1, 0.15) is 40.5 Å². The number of nitrogens with one attached hydrogen (secondary N) is 1. The van der Waals surface area contributed by atoms with Gasteiger partial charge in [-0.15, -0.1) is 0 Å². The van der Waals surface area contributed by atoms with Crippen LogP contribution < -0.4 is 5.32 Å². The third kappa shape index (κ3) is 1.09. The summed E-state index contributed by atoms with van der Waals surface area (Å²) >= 11 is 0. The third-order valence-corrected chi connectivity index (χ3v) is 7.24. The van der Waals surface area contributed by atoms with E-state index in [1.807, 2.05) is 0 Å². The summed E-state index contributed by atoms with van der Waals surface area (Å²) in [4.78, 5) is 0. The Bertz CT molecular complexity index is 412. The van der Waals surface area contributed by atoms with Crippen LogP contribution in [0.2, 0.25) is 0 Å². The third-order valence-electron chi connectivity index (χ3n) is 7.24. The minimum Gasteiger partial charge on any atom is -0.314 e.